The lowest BCUT2D eigenvalue weighted by molar-refractivity contribution is 0.0945. The molecule has 0 radical (unpaired) electrons. The molecule has 3 aromatic rings. The molecule has 2 aromatic heterocycles. The molecule has 8 heteroatoms. The highest BCUT2D eigenvalue weighted by Gasteiger charge is 2.19. The zero-order valence-corrected chi connectivity index (χ0v) is 16.2. The highest BCUT2D eigenvalue weighted by molar-refractivity contribution is 5.91. The van der Waals surface area contributed by atoms with Gasteiger partial charge in [-0.25, -0.2) is 9.36 Å². The van der Waals surface area contributed by atoms with Gasteiger partial charge >= 0.3 is 0 Å². The van der Waals surface area contributed by atoms with Crippen LogP contribution < -0.4 is 10.6 Å². The monoisotopic (exact) mass is 379 g/mol. The van der Waals surface area contributed by atoms with E-state index in [0.29, 0.717) is 18.3 Å². The molecule has 0 bridgehead atoms. The van der Waals surface area contributed by atoms with Crippen LogP contribution in [0.3, 0.4) is 0 Å². The average molecular weight is 379 g/mol. The van der Waals surface area contributed by atoms with Gasteiger partial charge in [0, 0.05) is 17.8 Å². The SMILES string of the molecule is Cc1nn(-c2ccccc2)c(C)c1CNC(=O)c1cn(C2CCNCC2)nn1. The number of nitrogens with one attached hydrogen (secondary N) is 2. The maximum Gasteiger partial charge on any atom is 0.273 e. The van der Waals surface area contributed by atoms with Gasteiger partial charge in [-0.3, -0.25) is 4.79 Å². The molecule has 0 atom stereocenters. The number of para-hydroxylation sites is 1. The summed E-state index contributed by atoms with van der Waals surface area (Å²) in [4.78, 5) is 12.5. The van der Waals surface area contributed by atoms with E-state index in [1.54, 1.807) is 6.20 Å². The number of hydrogen-bond acceptors (Lipinski definition) is 5. The van der Waals surface area contributed by atoms with Crippen molar-refractivity contribution in [2.24, 2.45) is 0 Å². The molecule has 1 aliphatic heterocycles. The van der Waals surface area contributed by atoms with Gasteiger partial charge in [-0.15, -0.1) is 5.10 Å². The van der Waals surface area contributed by atoms with Gasteiger partial charge in [0.25, 0.3) is 5.91 Å². The number of carbonyl (C=O) groups excluding carboxylic acids is 1. The Morgan fingerprint density at radius 1 is 1.21 bits per heavy atom. The Kier molecular flexibility index (Phi) is 5.21. The van der Waals surface area contributed by atoms with E-state index in [1.165, 1.54) is 0 Å². The zero-order chi connectivity index (χ0) is 19.5. The molecular formula is C20H25N7O. The molecule has 0 spiro atoms. The largest absolute Gasteiger partial charge is 0.346 e. The molecular weight excluding hydrogens is 354 g/mol. The molecule has 8 nitrogen and oxygen atoms in total. The number of nitrogens with zero attached hydrogens (tertiary/aromatic N) is 5. The van der Waals surface area contributed by atoms with E-state index in [9.17, 15) is 4.79 Å². The zero-order valence-electron chi connectivity index (χ0n) is 16.2. The number of benzene rings is 1. The van der Waals surface area contributed by atoms with Crippen LogP contribution in [-0.2, 0) is 6.54 Å². The lowest BCUT2D eigenvalue weighted by atomic mass is 10.1. The molecule has 3 heterocycles. The third kappa shape index (κ3) is 3.68. The van der Waals surface area contributed by atoms with Crippen molar-refractivity contribution in [3.05, 3.63) is 59.2 Å². The van der Waals surface area contributed by atoms with Gasteiger partial charge in [0.2, 0.25) is 0 Å². The van der Waals surface area contributed by atoms with E-state index < -0.39 is 0 Å². The number of carbonyl (C=O) groups is 1. The van der Waals surface area contributed by atoms with E-state index >= 15 is 0 Å². The maximum atomic E-state index is 12.5. The van der Waals surface area contributed by atoms with Crippen molar-refractivity contribution in [2.75, 3.05) is 13.1 Å². The Labute approximate surface area is 163 Å². The fourth-order valence-corrected chi connectivity index (χ4v) is 3.64. The van der Waals surface area contributed by atoms with Crippen molar-refractivity contribution in [2.45, 2.75) is 39.3 Å². The standard InChI is InChI=1S/C20H25N7O/c1-14-18(15(2)27(24-14)17-6-4-3-5-7-17)12-22-20(28)19-13-26(25-23-19)16-8-10-21-11-9-16/h3-7,13,16,21H,8-12H2,1-2H3,(H,22,28). The summed E-state index contributed by atoms with van der Waals surface area (Å²) in [7, 11) is 0. The second kappa shape index (κ2) is 7.93. The molecule has 1 aromatic carbocycles. The van der Waals surface area contributed by atoms with E-state index in [1.807, 2.05) is 53.5 Å². The quantitative estimate of drug-likeness (QED) is 0.707. The second-order valence-electron chi connectivity index (χ2n) is 7.14. The van der Waals surface area contributed by atoms with Crippen LogP contribution in [0.25, 0.3) is 5.69 Å². The molecule has 4 rings (SSSR count). The van der Waals surface area contributed by atoms with E-state index in [0.717, 1.165) is 48.6 Å². The lowest BCUT2D eigenvalue weighted by Crippen LogP contribution is -2.29. The summed E-state index contributed by atoms with van der Waals surface area (Å²) in [6.07, 6.45) is 3.75. The van der Waals surface area contributed by atoms with E-state index in [-0.39, 0.29) is 5.91 Å². The van der Waals surface area contributed by atoms with Crippen molar-refractivity contribution >= 4 is 5.91 Å². The highest BCUT2D eigenvalue weighted by atomic mass is 16.2. The summed E-state index contributed by atoms with van der Waals surface area (Å²) in [5.74, 6) is -0.216. The molecule has 0 saturated carbocycles. The van der Waals surface area contributed by atoms with Crippen molar-refractivity contribution in [3.63, 3.8) is 0 Å². The average Bonchev–Trinajstić information content (AvgIpc) is 3.33. The van der Waals surface area contributed by atoms with Crippen molar-refractivity contribution in [3.8, 4) is 5.69 Å². The third-order valence-electron chi connectivity index (χ3n) is 5.29. The van der Waals surface area contributed by atoms with Crippen molar-refractivity contribution in [1.29, 1.82) is 0 Å². The predicted octanol–water partition coefficient (Wildman–Crippen LogP) is 1.94. The topological polar surface area (TPSA) is 89.7 Å². The fourth-order valence-electron chi connectivity index (χ4n) is 3.64. The number of piperidine rings is 1. The van der Waals surface area contributed by atoms with Crippen LogP contribution in [0.15, 0.2) is 36.5 Å². The van der Waals surface area contributed by atoms with Crippen LogP contribution in [0.2, 0.25) is 0 Å². The summed E-state index contributed by atoms with van der Waals surface area (Å²) in [5.41, 5.74) is 4.29. The second-order valence-corrected chi connectivity index (χ2v) is 7.14. The molecule has 1 aliphatic rings. The summed E-state index contributed by atoms with van der Waals surface area (Å²) in [6.45, 7) is 6.32. The van der Waals surface area contributed by atoms with E-state index in [4.69, 9.17) is 0 Å². The summed E-state index contributed by atoms with van der Waals surface area (Å²) < 4.78 is 3.73. The van der Waals surface area contributed by atoms with Gasteiger partial charge in [0.15, 0.2) is 5.69 Å². The first-order valence-electron chi connectivity index (χ1n) is 9.65. The first-order valence-corrected chi connectivity index (χ1v) is 9.65. The maximum absolute atomic E-state index is 12.5. The Morgan fingerprint density at radius 2 is 1.96 bits per heavy atom. The summed E-state index contributed by atoms with van der Waals surface area (Å²) >= 11 is 0. The first-order chi connectivity index (χ1) is 13.6. The lowest BCUT2D eigenvalue weighted by Gasteiger charge is -2.22. The van der Waals surface area contributed by atoms with Gasteiger partial charge in [0.05, 0.1) is 23.6 Å². The Bertz CT molecular complexity index is 954. The number of amides is 1. The minimum absolute atomic E-state index is 0.216. The minimum atomic E-state index is -0.216. The Morgan fingerprint density at radius 3 is 2.71 bits per heavy atom. The van der Waals surface area contributed by atoms with Gasteiger partial charge in [-0.1, -0.05) is 23.4 Å². The smallest absolute Gasteiger partial charge is 0.273 e. The number of aromatic nitrogens is 5. The van der Waals surface area contributed by atoms with Crippen LogP contribution in [0.5, 0.6) is 0 Å². The van der Waals surface area contributed by atoms with Crippen LogP contribution in [0, 0.1) is 13.8 Å². The fraction of sp³-hybridized carbons (Fsp3) is 0.400. The van der Waals surface area contributed by atoms with Crippen LogP contribution in [0.1, 0.15) is 46.3 Å². The van der Waals surface area contributed by atoms with Gasteiger partial charge in [-0.05, 0) is 51.9 Å². The molecule has 1 fully saturated rings. The highest BCUT2D eigenvalue weighted by Crippen LogP contribution is 2.19. The van der Waals surface area contributed by atoms with Crippen LogP contribution >= 0.6 is 0 Å². The normalized spacial score (nSPS) is 14.9. The van der Waals surface area contributed by atoms with Crippen molar-refractivity contribution in [1.82, 2.24) is 35.4 Å². The molecule has 0 aliphatic carbocycles. The minimum Gasteiger partial charge on any atom is -0.346 e. The third-order valence-corrected chi connectivity index (χ3v) is 5.29. The van der Waals surface area contributed by atoms with Gasteiger partial charge < -0.3 is 10.6 Å². The van der Waals surface area contributed by atoms with Crippen LogP contribution in [-0.4, -0.2) is 43.8 Å². The van der Waals surface area contributed by atoms with Crippen molar-refractivity contribution < 1.29 is 4.79 Å². The summed E-state index contributed by atoms with van der Waals surface area (Å²) in [6, 6.07) is 10.3. The number of rotatable bonds is 5. The number of hydrogen-bond donors (Lipinski definition) is 2. The first kappa shape index (κ1) is 18.4. The predicted molar refractivity (Wildman–Crippen MR) is 105 cm³/mol. The molecule has 1 saturated heterocycles. The molecule has 146 valence electrons. The molecule has 2 N–H and O–H groups in total. The van der Waals surface area contributed by atoms with Crippen LogP contribution in [0.4, 0.5) is 0 Å². The van der Waals surface area contributed by atoms with Gasteiger partial charge in [0.1, 0.15) is 0 Å². The number of aryl methyl sites for hydroxylation is 1. The molecule has 28 heavy (non-hydrogen) atoms. The van der Waals surface area contributed by atoms with E-state index in [2.05, 4.69) is 26.0 Å². The Hall–Kier alpha value is -3.00. The Balaban J connectivity index is 1.44. The van der Waals surface area contributed by atoms with Gasteiger partial charge in [-0.2, -0.15) is 5.10 Å². The molecule has 1 amide bonds. The summed E-state index contributed by atoms with van der Waals surface area (Å²) in [5, 5.41) is 19.1. The molecule has 0 unspecified atom stereocenters.